The predicted molar refractivity (Wildman–Crippen MR) is 51.8 cm³/mol. The molecule has 15 heavy (non-hydrogen) atoms. The Hall–Kier alpha value is -1.89. The minimum atomic E-state index is -0.624. The molecule has 1 rings (SSSR count). The van der Waals surface area contributed by atoms with Gasteiger partial charge in [0, 0.05) is 0 Å². The smallest absolute Gasteiger partial charge is 0.339 e. The molecule has 0 aliphatic heterocycles. The van der Waals surface area contributed by atoms with Crippen LogP contribution >= 0.6 is 0 Å². The number of rotatable bonds is 2. The van der Waals surface area contributed by atoms with Gasteiger partial charge in [0.2, 0.25) is 0 Å². The van der Waals surface area contributed by atoms with E-state index in [4.69, 9.17) is 5.26 Å². The molecule has 0 aromatic heterocycles. The molecule has 0 radical (unpaired) electrons. The number of aryl methyl sites for hydroxylation is 1. The molecule has 3 nitrogen and oxygen atoms in total. The standard InChI is InChI=1S/C11H10FNO2/c1-3-7-4-9(11(14)15-2)8(6-13)5-10(7)12/h4-5H,3H2,1-2H3. The van der Waals surface area contributed by atoms with Crippen molar-refractivity contribution in [3.05, 3.63) is 34.6 Å². The third-order valence-electron chi connectivity index (χ3n) is 2.09. The van der Waals surface area contributed by atoms with E-state index in [0.717, 1.165) is 6.07 Å². The van der Waals surface area contributed by atoms with Crippen molar-refractivity contribution in [2.45, 2.75) is 13.3 Å². The summed E-state index contributed by atoms with van der Waals surface area (Å²) in [6.07, 6.45) is 0.460. The highest BCUT2D eigenvalue weighted by Gasteiger charge is 2.15. The fourth-order valence-electron chi connectivity index (χ4n) is 1.26. The number of carbonyl (C=O) groups excluding carboxylic acids is 1. The molecule has 1 aromatic rings. The summed E-state index contributed by atoms with van der Waals surface area (Å²) in [4.78, 5) is 11.3. The highest BCUT2D eigenvalue weighted by Crippen LogP contribution is 2.17. The Morgan fingerprint density at radius 3 is 2.73 bits per heavy atom. The van der Waals surface area contributed by atoms with E-state index >= 15 is 0 Å². The van der Waals surface area contributed by atoms with E-state index in [2.05, 4.69) is 4.74 Å². The van der Waals surface area contributed by atoms with E-state index in [1.54, 1.807) is 13.0 Å². The third kappa shape index (κ3) is 2.13. The topological polar surface area (TPSA) is 50.1 Å². The molecule has 0 aliphatic rings. The number of ether oxygens (including phenoxy) is 1. The van der Waals surface area contributed by atoms with E-state index in [1.165, 1.54) is 13.2 Å². The zero-order valence-corrected chi connectivity index (χ0v) is 8.50. The largest absolute Gasteiger partial charge is 0.465 e. The van der Waals surface area contributed by atoms with Gasteiger partial charge in [-0.05, 0) is 24.1 Å². The molecular formula is C11H10FNO2. The summed E-state index contributed by atoms with van der Waals surface area (Å²) in [5.41, 5.74) is 0.504. The van der Waals surface area contributed by atoms with E-state index in [9.17, 15) is 9.18 Å². The first-order chi connectivity index (χ1) is 7.13. The average Bonchev–Trinajstić information content (AvgIpc) is 2.27. The maximum atomic E-state index is 13.3. The fraction of sp³-hybridized carbons (Fsp3) is 0.273. The highest BCUT2D eigenvalue weighted by molar-refractivity contribution is 5.92. The summed E-state index contributed by atoms with van der Waals surface area (Å²) in [7, 11) is 1.22. The van der Waals surface area contributed by atoms with Crippen LogP contribution in [0.1, 0.15) is 28.4 Å². The van der Waals surface area contributed by atoms with Crippen LogP contribution in [0.2, 0.25) is 0 Å². The maximum Gasteiger partial charge on any atom is 0.339 e. The van der Waals surface area contributed by atoms with Crippen LogP contribution < -0.4 is 0 Å². The van der Waals surface area contributed by atoms with Crippen LogP contribution in [0.25, 0.3) is 0 Å². The third-order valence-corrected chi connectivity index (χ3v) is 2.09. The van der Waals surface area contributed by atoms with Crippen molar-refractivity contribution in [3.63, 3.8) is 0 Å². The number of benzene rings is 1. The van der Waals surface area contributed by atoms with Crippen LogP contribution in [-0.2, 0) is 11.2 Å². The number of hydrogen-bond acceptors (Lipinski definition) is 3. The van der Waals surface area contributed by atoms with Crippen molar-refractivity contribution in [1.82, 2.24) is 0 Å². The van der Waals surface area contributed by atoms with Gasteiger partial charge in [0.05, 0.1) is 18.2 Å². The van der Waals surface area contributed by atoms with Crippen molar-refractivity contribution in [1.29, 1.82) is 5.26 Å². The molecular weight excluding hydrogens is 197 g/mol. The minimum Gasteiger partial charge on any atom is -0.465 e. The van der Waals surface area contributed by atoms with E-state index in [1.807, 2.05) is 0 Å². The number of nitriles is 1. The molecule has 4 heteroatoms. The second kappa shape index (κ2) is 4.56. The molecule has 0 fully saturated rings. The molecule has 0 bridgehead atoms. The lowest BCUT2D eigenvalue weighted by Crippen LogP contribution is -2.06. The molecule has 0 atom stereocenters. The monoisotopic (exact) mass is 207 g/mol. The Balaban J connectivity index is 3.37. The first-order valence-corrected chi connectivity index (χ1v) is 4.44. The number of methoxy groups -OCH3 is 1. The Kier molecular flexibility index (Phi) is 3.40. The van der Waals surface area contributed by atoms with Gasteiger partial charge in [-0.25, -0.2) is 9.18 Å². The van der Waals surface area contributed by atoms with Crippen molar-refractivity contribution in [3.8, 4) is 6.07 Å². The summed E-state index contributed by atoms with van der Waals surface area (Å²) in [6, 6.07) is 4.18. The molecule has 0 N–H and O–H groups in total. The number of hydrogen-bond donors (Lipinski definition) is 0. The normalized spacial score (nSPS) is 9.47. The second-order valence-electron chi connectivity index (χ2n) is 2.95. The quantitative estimate of drug-likeness (QED) is 0.697. The summed E-state index contributed by atoms with van der Waals surface area (Å²) in [5.74, 6) is -1.09. The van der Waals surface area contributed by atoms with Gasteiger partial charge in [0.1, 0.15) is 11.9 Å². The van der Waals surface area contributed by atoms with Crippen molar-refractivity contribution >= 4 is 5.97 Å². The van der Waals surface area contributed by atoms with Crippen molar-refractivity contribution in [2.24, 2.45) is 0 Å². The van der Waals surface area contributed by atoms with Gasteiger partial charge < -0.3 is 4.74 Å². The Bertz CT molecular complexity index is 435. The molecule has 0 heterocycles. The molecule has 0 spiro atoms. The van der Waals surface area contributed by atoms with Crippen LogP contribution in [0, 0.1) is 17.1 Å². The lowest BCUT2D eigenvalue weighted by molar-refractivity contribution is 0.0600. The minimum absolute atomic E-state index is 0.00319. The molecule has 1 aromatic carbocycles. The molecule has 0 unspecified atom stereocenters. The first kappa shape index (κ1) is 11.2. The summed E-state index contributed by atoms with van der Waals surface area (Å²) >= 11 is 0. The predicted octanol–water partition coefficient (Wildman–Crippen LogP) is 2.05. The van der Waals surface area contributed by atoms with Gasteiger partial charge >= 0.3 is 5.97 Å². The molecule has 0 saturated carbocycles. The van der Waals surface area contributed by atoms with Crippen molar-refractivity contribution in [2.75, 3.05) is 7.11 Å². The number of esters is 1. The van der Waals surface area contributed by atoms with Crippen LogP contribution in [0.5, 0.6) is 0 Å². The Labute approximate surface area is 87.1 Å². The van der Waals surface area contributed by atoms with Gasteiger partial charge in [-0.1, -0.05) is 6.92 Å². The van der Waals surface area contributed by atoms with Gasteiger partial charge in [0.25, 0.3) is 0 Å². The Morgan fingerprint density at radius 1 is 1.60 bits per heavy atom. The maximum absolute atomic E-state index is 13.3. The van der Waals surface area contributed by atoms with Crippen LogP contribution in [0.15, 0.2) is 12.1 Å². The molecule has 78 valence electrons. The summed E-state index contributed by atoms with van der Waals surface area (Å²) in [5, 5.41) is 8.73. The van der Waals surface area contributed by atoms with Crippen LogP contribution in [-0.4, -0.2) is 13.1 Å². The number of nitrogens with zero attached hydrogens (tertiary/aromatic N) is 1. The van der Waals surface area contributed by atoms with Gasteiger partial charge in [0.15, 0.2) is 0 Å². The zero-order valence-electron chi connectivity index (χ0n) is 8.50. The SMILES string of the molecule is CCc1cc(C(=O)OC)c(C#N)cc1F. The molecule has 0 saturated heterocycles. The lowest BCUT2D eigenvalue weighted by atomic mass is 10.0. The second-order valence-corrected chi connectivity index (χ2v) is 2.95. The number of halogens is 1. The van der Waals surface area contributed by atoms with E-state index < -0.39 is 11.8 Å². The molecule has 0 amide bonds. The van der Waals surface area contributed by atoms with Crippen LogP contribution in [0.3, 0.4) is 0 Å². The molecule has 0 aliphatic carbocycles. The number of carbonyl (C=O) groups is 1. The van der Waals surface area contributed by atoms with Crippen molar-refractivity contribution < 1.29 is 13.9 Å². The van der Waals surface area contributed by atoms with E-state index in [0.29, 0.717) is 12.0 Å². The van der Waals surface area contributed by atoms with E-state index in [-0.39, 0.29) is 11.1 Å². The Morgan fingerprint density at radius 2 is 2.27 bits per heavy atom. The van der Waals surface area contributed by atoms with Gasteiger partial charge in [-0.2, -0.15) is 5.26 Å². The zero-order chi connectivity index (χ0) is 11.4. The fourth-order valence-corrected chi connectivity index (χ4v) is 1.26. The summed E-state index contributed by atoms with van der Waals surface area (Å²) < 4.78 is 17.8. The average molecular weight is 207 g/mol. The van der Waals surface area contributed by atoms with Gasteiger partial charge in [-0.15, -0.1) is 0 Å². The van der Waals surface area contributed by atoms with Crippen LogP contribution in [0.4, 0.5) is 4.39 Å². The highest BCUT2D eigenvalue weighted by atomic mass is 19.1. The van der Waals surface area contributed by atoms with Gasteiger partial charge in [-0.3, -0.25) is 0 Å². The lowest BCUT2D eigenvalue weighted by Gasteiger charge is -2.05. The summed E-state index contributed by atoms with van der Waals surface area (Å²) in [6.45, 7) is 1.77. The first-order valence-electron chi connectivity index (χ1n) is 4.44.